The van der Waals surface area contributed by atoms with Gasteiger partial charge in [-0.2, -0.15) is 0 Å². The van der Waals surface area contributed by atoms with Crippen molar-refractivity contribution >= 4 is 17.8 Å². The van der Waals surface area contributed by atoms with Gasteiger partial charge < -0.3 is 10.2 Å². The van der Waals surface area contributed by atoms with E-state index in [1.54, 1.807) is 31.0 Å². The van der Waals surface area contributed by atoms with Crippen molar-refractivity contribution < 1.29 is 14.4 Å². The number of hydrogen-bond acceptors (Lipinski definition) is 3. The van der Waals surface area contributed by atoms with Crippen molar-refractivity contribution in [3.63, 3.8) is 0 Å². The fourth-order valence-electron chi connectivity index (χ4n) is 3.89. The molecule has 3 rings (SSSR count). The van der Waals surface area contributed by atoms with Crippen molar-refractivity contribution in [3.05, 3.63) is 35.9 Å². The molecule has 2 fully saturated rings. The van der Waals surface area contributed by atoms with E-state index in [4.69, 9.17) is 0 Å². The molecule has 0 aromatic heterocycles. The number of nitrogens with one attached hydrogen (secondary N) is 1. The lowest BCUT2D eigenvalue weighted by Gasteiger charge is -2.34. The van der Waals surface area contributed by atoms with Crippen LogP contribution in [-0.2, 0) is 15.1 Å². The largest absolute Gasteiger partial charge is 0.341 e. The zero-order valence-corrected chi connectivity index (χ0v) is 15.7. The summed E-state index contributed by atoms with van der Waals surface area (Å²) in [7, 11) is 1.78. The molecule has 1 atom stereocenters. The topological polar surface area (TPSA) is 69.7 Å². The Morgan fingerprint density at radius 2 is 1.81 bits per heavy atom. The summed E-state index contributed by atoms with van der Waals surface area (Å²) in [6, 6.07) is 8.80. The van der Waals surface area contributed by atoms with Crippen LogP contribution in [0.3, 0.4) is 0 Å². The second kappa shape index (κ2) is 7.09. The lowest BCUT2D eigenvalue weighted by atomic mass is 9.87. The van der Waals surface area contributed by atoms with Gasteiger partial charge >= 0.3 is 6.03 Å². The molecule has 0 radical (unpaired) electrons. The lowest BCUT2D eigenvalue weighted by Crippen LogP contribution is -2.47. The number of hydrogen-bond donors (Lipinski definition) is 1. The zero-order valence-electron chi connectivity index (χ0n) is 15.7. The van der Waals surface area contributed by atoms with Crippen LogP contribution in [-0.4, -0.2) is 47.3 Å². The second-order valence-corrected chi connectivity index (χ2v) is 7.73. The molecule has 0 spiro atoms. The Bertz CT molecular complexity index is 698. The van der Waals surface area contributed by atoms with E-state index in [0.717, 1.165) is 30.6 Å². The van der Waals surface area contributed by atoms with Gasteiger partial charge in [0.25, 0.3) is 5.91 Å². The fourth-order valence-corrected chi connectivity index (χ4v) is 3.89. The highest BCUT2D eigenvalue weighted by Crippen LogP contribution is 2.29. The van der Waals surface area contributed by atoms with Gasteiger partial charge in [-0.3, -0.25) is 14.5 Å². The number of urea groups is 1. The highest BCUT2D eigenvalue weighted by molar-refractivity contribution is 6.09. The van der Waals surface area contributed by atoms with Gasteiger partial charge in [0, 0.05) is 13.1 Å². The molecule has 6 heteroatoms. The van der Waals surface area contributed by atoms with Crippen LogP contribution in [0.2, 0.25) is 0 Å². The molecule has 1 aliphatic carbocycles. The molecule has 26 heavy (non-hydrogen) atoms. The molecule has 0 bridgehead atoms. The molecule has 1 saturated carbocycles. The standard InChI is InChI=1S/C20H27N3O3/c1-14-9-11-16(12-10-14)22(3)17(24)13-23-18(25)20(2,21-19(23)26)15-7-5-4-6-8-15/h4-8,14,16H,9-13H2,1-3H3,(H,21,26). The van der Waals surface area contributed by atoms with Gasteiger partial charge in [0.05, 0.1) is 0 Å². The Morgan fingerprint density at radius 3 is 2.42 bits per heavy atom. The molecule has 1 aromatic rings. The maximum Gasteiger partial charge on any atom is 0.325 e. The van der Waals surface area contributed by atoms with Crippen LogP contribution < -0.4 is 5.32 Å². The predicted molar refractivity (Wildman–Crippen MR) is 98.2 cm³/mol. The Hall–Kier alpha value is -2.37. The van der Waals surface area contributed by atoms with Crippen LogP contribution in [0.15, 0.2) is 30.3 Å². The molecule has 2 aliphatic rings. The van der Waals surface area contributed by atoms with E-state index in [1.807, 2.05) is 18.2 Å². The fraction of sp³-hybridized carbons (Fsp3) is 0.550. The highest BCUT2D eigenvalue weighted by Gasteiger charge is 2.49. The maximum atomic E-state index is 12.9. The molecule has 1 unspecified atom stereocenters. The van der Waals surface area contributed by atoms with E-state index in [1.165, 1.54) is 0 Å². The monoisotopic (exact) mass is 357 g/mol. The van der Waals surface area contributed by atoms with E-state index in [9.17, 15) is 14.4 Å². The van der Waals surface area contributed by atoms with Crippen LogP contribution in [0.5, 0.6) is 0 Å². The van der Waals surface area contributed by atoms with Crippen molar-refractivity contribution in [2.45, 2.75) is 51.1 Å². The summed E-state index contributed by atoms with van der Waals surface area (Å²) in [5, 5.41) is 2.74. The number of rotatable bonds is 4. The first-order valence-electron chi connectivity index (χ1n) is 9.28. The summed E-state index contributed by atoms with van der Waals surface area (Å²) in [6.45, 7) is 3.70. The number of benzene rings is 1. The molecular weight excluding hydrogens is 330 g/mol. The first-order valence-corrected chi connectivity index (χ1v) is 9.28. The van der Waals surface area contributed by atoms with Crippen molar-refractivity contribution in [3.8, 4) is 0 Å². The van der Waals surface area contributed by atoms with Crippen molar-refractivity contribution in [2.75, 3.05) is 13.6 Å². The summed E-state index contributed by atoms with van der Waals surface area (Å²) in [5.41, 5.74) is -0.416. The molecule has 1 aliphatic heterocycles. The Morgan fingerprint density at radius 1 is 1.19 bits per heavy atom. The summed E-state index contributed by atoms with van der Waals surface area (Å²) < 4.78 is 0. The van der Waals surface area contributed by atoms with Crippen LogP contribution in [0.1, 0.15) is 45.1 Å². The Kier molecular flexibility index (Phi) is 5.03. The number of carbonyl (C=O) groups excluding carboxylic acids is 3. The number of imide groups is 1. The van der Waals surface area contributed by atoms with Crippen molar-refractivity contribution in [1.82, 2.24) is 15.1 Å². The average Bonchev–Trinajstić information content (AvgIpc) is 2.86. The van der Waals surface area contributed by atoms with Crippen LogP contribution in [0, 0.1) is 5.92 Å². The van der Waals surface area contributed by atoms with Crippen LogP contribution >= 0.6 is 0 Å². The minimum Gasteiger partial charge on any atom is -0.341 e. The number of amides is 4. The Labute approximate surface area is 154 Å². The van der Waals surface area contributed by atoms with E-state index in [2.05, 4.69) is 12.2 Å². The molecular formula is C20H27N3O3. The van der Waals surface area contributed by atoms with Gasteiger partial charge in [0.15, 0.2) is 0 Å². The maximum absolute atomic E-state index is 12.9. The van der Waals surface area contributed by atoms with Crippen LogP contribution in [0.4, 0.5) is 4.79 Å². The number of nitrogens with zero attached hydrogens (tertiary/aromatic N) is 2. The van der Waals surface area contributed by atoms with Gasteiger partial charge in [0.1, 0.15) is 12.1 Å². The van der Waals surface area contributed by atoms with Crippen molar-refractivity contribution in [1.29, 1.82) is 0 Å². The van der Waals surface area contributed by atoms with E-state index < -0.39 is 11.6 Å². The van der Waals surface area contributed by atoms with Crippen molar-refractivity contribution in [2.24, 2.45) is 5.92 Å². The second-order valence-electron chi connectivity index (χ2n) is 7.73. The minimum atomic E-state index is -1.13. The van der Waals surface area contributed by atoms with Gasteiger partial charge in [-0.15, -0.1) is 0 Å². The quantitative estimate of drug-likeness (QED) is 0.842. The third-order valence-electron chi connectivity index (χ3n) is 5.85. The molecule has 1 N–H and O–H groups in total. The first-order chi connectivity index (χ1) is 12.3. The Balaban J connectivity index is 1.69. The summed E-state index contributed by atoms with van der Waals surface area (Å²) in [4.78, 5) is 40.7. The number of likely N-dealkylation sites (N-methyl/N-ethyl adjacent to an activating group) is 1. The minimum absolute atomic E-state index is 0.189. The molecule has 6 nitrogen and oxygen atoms in total. The van der Waals surface area contributed by atoms with Gasteiger partial charge in [-0.1, -0.05) is 37.3 Å². The smallest absolute Gasteiger partial charge is 0.325 e. The number of carbonyl (C=O) groups is 3. The lowest BCUT2D eigenvalue weighted by molar-refractivity contribution is -0.139. The SMILES string of the molecule is CC1CCC(N(C)C(=O)CN2C(=O)NC(C)(c3ccccc3)C2=O)CC1. The zero-order chi connectivity index (χ0) is 18.9. The summed E-state index contributed by atoms with van der Waals surface area (Å²) in [6.07, 6.45) is 4.17. The van der Waals surface area contributed by atoms with E-state index in [-0.39, 0.29) is 24.4 Å². The van der Waals surface area contributed by atoms with E-state index >= 15 is 0 Å². The summed E-state index contributed by atoms with van der Waals surface area (Å²) >= 11 is 0. The van der Waals surface area contributed by atoms with E-state index in [0.29, 0.717) is 11.5 Å². The van der Waals surface area contributed by atoms with Gasteiger partial charge in [0.2, 0.25) is 5.91 Å². The van der Waals surface area contributed by atoms with Gasteiger partial charge in [-0.05, 0) is 44.1 Å². The van der Waals surface area contributed by atoms with Gasteiger partial charge in [-0.25, -0.2) is 4.79 Å². The highest BCUT2D eigenvalue weighted by atomic mass is 16.2. The van der Waals surface area contributed by atoms with Crippen LogP contribution in [0.25, 0.3) is 0 Å². The normalized spacial score (nSPS) is 28.8. The molecule has 4 amide bonds. The predicted octanol–water partition coefficient (Wildman–Crippen LogP) is 2.49. The molecule has 1 heterocycles. The third kappa shape index (κ3) is 3.32. The third-order valence-corrected chi connectivity index (χ3v) is 5.85. The first kappa shape index (κ1) is 18.4. The molecule has 1 aromatic carbocycles. The molecule has 140 valence electrons. The molecule has 1 saturated heterocycles. The summed E-state index contributed by atoms with van der Waals surface area (Å²) in [5.74, 6) is 0.130. The average molecular weight is 357 g/mol.